The molecule has 1 aromatic heterocycles. The second-order valence-electron chi connectivity index (χ2n) is 6.15. The molecule has 1 rings (SSSR count). The van der Waals surface area contributed by atoms with Crippen molar-refractivity contribution in [1.82, 2.24) is 0 Å². The van der Waals surface area contributed by atoms with Gasteiger partial charge in [-0.05, 0) is 12.8 Å². The average Bonchev–Trinajstić information content (AvgIpc) is 2.52. The quantitative estimate of drug-likeness (QED) is 0.398. The van der Waals surface area contributed by atoms with Crippen LogP contribution in [0.1, 0.15) is 77.0 Å². The Morgan fingerprint density at radius 1 is 0.682 bits per heavy atom. The van der Waals surface area contributed by atoms with Crippen molar-refractivity contribution in [2.24, 2.45) is 0 Å². The van der Waals surface area contributed by atoms with Gasteiger partial charge in [-0.25, -0.2) is 4.57 Å². The van der Waals surface area contributed by atoms with Crippen molar-refractivity contribution in [1.29, 1.82) is 0 Å². The zero-order valence-electron chi connectivity index (χ0n) is 13.9. The van der Waals surface area contributed by atoms with Gasteiger partial charge in [0.05, 0.1) is 0 Å². The minimum absolute atomic E-state index is 0.335. The van der Waals surface area contributed by atoms with E-state index in [9.17, 15) is 4.79 Å². The van der Waals surface area contributed by atoms with Crippen LogP contribution in [-0.4, -0.2) is 11.1 Å². The summed E-state index contributed by atoms with van der Waals surface area (Å²) in [4.78, 5) is 10.4. The van der Waals surface area contributed by atoms with Crippen LogP contribution in [0.4, 0.5) is 0 Å². The van der Waals surface area contributed by atoms with E-state index in [4.69, 9.17) is 5.11 Å². The molecule has 0 fully saturated rings. The topological polar surface area (TPSA) is 41.2 Å². The first kappa shape index (κ1) is 18.7. The first-order valence-electron chi connectivity index (χ1n) is 8.95. The molecule has 0 spiro atoms. The molecule has 1 aromatic rings. The molecule has 0 saturated carbocycles. The number of hydrogen-bond donors (Lipinski definition) is 1. The Hall–Kier alpha value is -1.38. The Kier molecular flexibility index (Phi) is 11.3. The fourth-order valence-corrected chi connectivity index (χ4v) is 2.74. The molecule has 0 aromatic carbocycles. The number of aliphatic carboxylic acids is 1. The highest BCUT2D eigenvalue weighted by atomic mass is 16.4. The van der Waals surface area contributed by atoms with Crippen LogP contribution in [0.25, 0.3) is 0 Å². The lowest BCUT2D eigenvalue weighted by Crippen LogP contribution is -2.32. The Balaban J connectivity index is 1.76. The van der Waals surface area contributed by atoms with Gasteiger partial charge in [0.15, 0.2) is 12.4 Å². The monoisotopic (exact) mass is 306 g/mol. The first-order valence-corrected chi connectivity index (χ1v) is 8.95. The molecule has 1 heterocycles. The van der Waals surface area contributed by atoms with Gasteiger partial charge in [0.25, 0.3) is 0 Å². The zero-order chi connectivity index (χ0) is 15.9. The van der Waals surface area contributed by atoms with Crippen molar-refractivity contribution in [3.8, 4) is 0 Å². The molecule has 124 valence electrons. The lowest BCUT2D eigenvalue weighted by atomic mass is 10.1. The largest absolute Gasteiger partial charge is 0.481 e. The number of aryl methyl sites for hydroxylation is 1. The molecule has 0 amide bonds. The third kappa shape index (κ3) is 11.3. The number of hydrogen-bond acceptors (Lipinski definition) is 1. The van der Waals surface area contributed by atoms with Gasteiger partial charge in [0.2, 0.25) is 0 Å². The molecule has 0 aliphatic heterocycles. The molecule has 3 nitrogen and oxygen atoms in total. The summed E-state index contributed by atoms with van der Waals surface area (Å²) in [5, 5.41) is 8.54. The maximum absolute atomic E-state index is 10.4. The van der Waals surface area contributed by atoms with Gasteiger partial charge in [0, 0.05) is 25.0 Å². The fraction of sp³-hybridized carbons (Fsp3) is 0.684. The number of rotatable bonds is 14. The summed E-state index contributed by atoms with van der Waals surface area (Å²) in [7, 11) is 0. The number of carboxylic acid groups (broad SMARTS) is 1. The number of nitrogens with zero attached hydrogens (tertiary/aromatic N) is 1. The van der Waals surface area contributed by atoms with E-state index in [1.807, 2.05) is 0 Å². The average molecular weight is 306 g/mol. The summed E-state index contributed by atoms with van der Waals surface area (Å²) in [6.45, 7) is 1.14. The minimum Gasteiger partial charge on any atom is -0.481 e. The highest BCUT2D eigenvalue weighted by Crippen LogP contribution is 2.11. The standard InChI is InChI=1S/C19H31NO2/c21-19(22)15-11-8-6-4-2-1-3-5-7-9-12-16-20-17-13-10-14-18-20/h10,13-14,17-18H,1-9,11-12,15-16H2/p+1. The lowest BCUT2D eigenvalue weighted by molar-refractivity contribution is -0.697. The Morgan fingerprint density at radius 3 is 1.64 bits per heavy atom. The first-order chi connectivity index (χ1) is 10.8. The Labute approximate surface area is 135 Å². The van der Waals surface area contributed by atoms with Crippen molar-refractivity contribution < 1.29 is 14.5 Å². The maximum Gasteiger partial charge on any atom is 0.303 e. The Bertz CT molecular complexity index is 378. The molecule has 0 atom stereocenters. The Morgan fingerprint density at radius 2 is 1.14 bits per heavy atom. The van der Waals surface area contributed by atoms with Gasteiger partial charge in [-0.15, -0.1) is 0 Å². The van der Waals surface area contributed by atoms with Crippen LogP contribution < -0.4 is 4.57 Å². The molecule has 0 aliphatic carbocycles. The van der Waals surface area contributed by atoms with E-state index >= 15 is 0 Å². The van der Waals surface area contributed by atoms with Gasteiger partial charge < -0.3 is 5.11 Å². The number of carboxylic acids is 1. The van der Waals surface area contributed by atoms with Crippen molar-refractivity contribution in [3.05, 3.63) is 30.6 Å². The van der Waals surface area contributed by atoms with Gasteiger partial charge in [-0.2, -0.15) is 0 Å². The fourth-order valence-electron chi connectivity index (χ4n) is 2.74. The van der Waals surface area contributed by atoms with Crippen LogP contribution in [0.5, 0.6) is 0 Å². The van der Waals surface area contributed by atoms with Gasteiger partial charge in [-0.3, -0.25) is 4.79 Å². The molecular weight excluding hydrogens is 274 g/mol. The van der Waals surface area contributed by atoms with E-state index in [-0.39, 0.29) is 0 Å². The molecule has 22 heavy (non-hydrogen) atoms. The third-order valence-electron chi connectivity index (χ3n) is 4.08. The van der Waals surface area contributed by atoms with Crippen LogP contribution in [0.15, 0.2) is 30.6 Å². The maximum atomic E-state index is 10.4. The van der Waals surface area contributed by atoms with Gasteiger partial charge in [-0.1, -0.05) is 57.4 Å². The van der Waals surface area contributed by atoms with Crippen LogP contribution in [0.2, 0.25) is 0 Å². The van der Waals surface area contributed by atoms with Crippen LogP contribution in [-0.2, 0) is 11.3 Å². The molecule has 1 N–H and O–H groups in total. The molecular formula is C19H32NO2+. The predicted molar refractivity (Wildman–Crippen MR) is 89.7 cm³/mol. The van der Waals surface area contributed by atoms with Crippen molar-refractivity contribution >= 4 is 5.97 Å². The van der Waals surface area contributed by atoms with Crippen LogP contribution in [0, 0.1) is 0 Å². The van der Waals surface area contributed by atoms with E-state index in [1.165, 1.54) is 57.8 Å². The number of aromatic nitrogens is 1. The molecule has 0 bridgehead atoms. The minimum atomic E-state index is -0.661. The number of carbonyl (C=O) groups is 1. The summed E-state index contributed by atoms with van der Waals surface area (Å²) >= 11 is 0. The zero-order valence-corrected chi connectivity index (χ0v) is 13.9. The summed E-state index contributed by atoms with van der Waals surface area (Å²) in [5.41, 5.74) is 0. The number of pyridine rings is 1. The highest BCUT2D eigenvalue weighted by molar-refractivity contribution is 5.66. The van der Waals surface area contributed by atoms with Crippen LogP contribution >= 0.6 is 0 Å². The molecule has 0 unspecified atom stereocenters. The normalized spacial score (nSPS) is 10.7. The summed E-state index contributed by atoms with van der Waals surface area (Å²) < 4.78 is 2.25. The molecule has 0 radical (unpaired) electrons. The second-order valence-corrected chi connectivity index (χ2v) is 6.15. The summed E-state index contributed by atoms with van der Waals surface area (Å²) in [6.07, 6.45) is 18.3. The van der Waals surface area contributed by atoms with Crippen molar-refractivity contribution in [2.75, 3.05) is 0 Å². The van der Waals surface area contributed by atoms with E-state index in [1.54, 1.807) is 0 Å². The van der Waals surface area contributed by atoms with Crippen molar-refractivity contribution in [2.45, 2.75) is 83.6 Å². The third-order valence-corrected chi connectivity index (χ3v) is 4.08. The van der Waals surface area contributed by atoms with E-state index < -0.39 is 5.97 Å². The van der Waals surface area contributed by atoms with E-state index in [2.05, 4.69) is 35.2 Å². The van der Waals surface area contributed by atoms with Gasteiger partial charge in [0.1, 0.15) is 6.54 Å². The molecule has 0 saturated heterocycles. The predicted octanol–water partition coefficient (Wildman–Crippen LogP) is 4.74. The lowest BCUT2D eigenvalue weighted by Gasteiger charge is -2.02. The van der Waals surface area contributed by atoms with Crippen molar-refractivity contribution in [3.63, 3.8) is 0 Å². The van der Waals surface area contributed by atoms with E-state index in [0.717, 1.165) is 19.4 Å². The van der Waals surface area contributed by atoms with Crippen LogP contribution in [0.3, 0.4) is 0 Å². The summed E-state index contributed by atoms with van der Waals surface area (Å²) in [5.74, 6) is -0.661. The molecule has 0 aliphatic rings. The number of unbranched alkanes of at least 4 members (excludes halogenated alkanes) is 10. The SMILES string of the molecule is O=C(O)CCCCCCCCCCCCC[n+]1ccccc1. The highest BCUT2D eigenvalue weighted by Gasteiger charge is 1.98. The van der Waals surface area contributed by atoms with E-state index in [0.29, 0.717) is 6.42 Å². The molecule has 3 heteroatoms. The smallest absolute Gasteiger partial charge is 0.303 e. The second kappa shape index (κ2) is 13.3. The van der Waals surface area contributed by atoms with Gasteiger partial charge >= 0.3 is 5.97 Å². The summed E-state index contributed by atoms with van der Waals surface area (Å²) in [6, 6.07) is 6.23.